The number of aryl methyl sites for hydroxylation is 2. The Labute approximate surface area is 200 Å². The number of amides is 1. The topological polar surface area (TPSA) is 102 Å². The average molecular weight is 481 g/mol. The zero-order chi connectivity index (χ0) is 24.6. The van der Waals surface area contributed by atoms with Gasteiger partial charge in [-0.2, -0.15) is 0 Å². The molecule has 0 atom stereocenters. The molecule has 3 aromatic carbocycles. The number of hydrogen-bond acceptors (Lipinski definition) is 5. The molecular weight excluding hydrogens is 452 g/mol. The van der Waals surface area contributed by atoms with Crippen LogP contribution >= 0.6 is 0 Å². The van der Waals surface area contributed by atoms with Crippen LogP contribution in [-0.2, 0) is 26.0 Å². The van der Waals surface area contributed by atoms with Crippen molar-refractivity contribution in [2.45, 2.75) is 38.0 Å². The molecule has 3 aromatic rings. The molecule has 3 rings (SSSR count). The van der Waals surface area contributed by atoms with E-state index in [1.165, 1.54) is 24.3 Å². The maximum Gasteiger partial charge on any atom is 0.338 e. The van der Waals surface area contributed by atoms with E-state index in [1.807, 2.05) is 25.1 Å². The molecule has 8 heteroatoms. The molecule has 0 aliphatic rings. The summed E-state index contributed by atoms with van der Waals surface area (Å²) in [6.45, 7) is 3.52. The van der Waals surface area contributed by atoms with Crippen LogP contribution in [0, 0.1) is 6.92 Å². The summed E-state index contributed by atoms with van der Waals surface area (Å²) < 4.78 is 33.2. The molecule has 0 aromatic heterocycles. The number of carbonyl (C=O) groups is 2. The second-order valence-electron chi connectivity index (χ2n) is 7.93. The number of unbranched alkanes of at least 4 members (excludes halogenated alkanes) is 1. The van der Waals surface area contributed by atoms with Crippen molar-refractivity contribution in [1.82, 2.24) is 0 Å². The monoisotopic (exact) mass is 480 g/mol. The number of nitrogens with one attached hydrogen (secondary N) is 2. The van der Waals surface area contributed by atoms with Gasteiger partial charge in [-0.3, -0.25) is 9.52 Å². The Morgan fingerprint density at radius 3 is 2.35 bits per heavy atom. The predicted octanol–water partition coefficient (Wildman–Crippen LogP) is 4.93. The largest absolute Gasteiger partial charge is 0.452 e. The minimum absolute atomic E-state index is 0.0288. The summed E-state index contributed by atoms with van der Waals surface area (Å²) in [6.07, 6.45) is 3.10. The molecule has 0 bridgehead atoms. The summed E-state index contributed by atoms with van der Waals surface area (Å²) in [5.74, 6) is -1.29. The molecule has 2 N–H and O–H groups in total. The maximum absolute atomic E-state index is 12.8. The summed E-state index contributed by atoms with van der Waals surface area (Å²) in [4.78, 5) is 24.4. The van der Waals surface area contributed by atoms with Gasteiger partial charge in [0, 0.05) is 11.4 Å². The lowest BCUT2D eigenvalue weighted by molar-refractivity contribution is -0.119. The first-order valence-electron chi connectivity index (χ1n) is 11.0. The minimum Gasteiger partial charge on any atom is -0.452 e. The van der Waals surface area contributed by atoms with Gasteiger partial charge < -0.3 is 10.1 Å². The van der Waals surface area contributed by atoms with E-state index in [4.69, 9.17) is 4.74 Å². The van der Waals surface area contributed by atoms with Gasteiger partial charge in [-0.1, -0.05) is 43.7 Å². The number of anilines is 2. The minimum atomic E-state index is -3.91. The molecule has 34 heavy (non-hydrogen) atoms. The normalized spacial score (nSPS) is 11.0. The number of sulfonamides is 1. The number of hydrogen-bond donors (Lipinski definition) is 2. The number of esters is 1. The Kier molecular flexibility index (Phi) is 8.43. The molecular formula is C26H28N2O5S. The molecule has 0 aliphatic heterocycles. The average Bonchev–Trinajstić information content (AvgIpc) is 2.82. The SMILES string of the molecule is CCCCc1ccc(NS(=O)(=O)c2cccc(C(=O)OCC(=O)Nc3cccc(C)c3)c2)cc1. The first kappa shape index (κ1) is 25.0. The van der Waals surface area contributed by atoms with Crippen LogP contribution in [0.4, 0.5) is 11.4 Å². The predicted molar refractivity (Wildman–Crippen MR) is 132 cm³/mol. The van der Waals surface area contributed by atoms with Gasteiger partial charge in [-0.05, 0) is 73.4 Å². The van der Waals surface area contributed by atoms with E-state index in [0.717, 1.165) is 30.4 Å². The third-order valence-corrected chi connectivity index (χ3v) is 6.42. The van der Waals surface area contributed by atoms with Crippen LogP contribution in [0.5, 0.6) is 0 Å². The van der Waals surface area contributed by atoms with Crippen molar-refractivity contribution in [2.24, 2.45) is 0 Å². The zero-order valence-corrected chi connectivity index (χ0v) is 20.0. The first-order valence-corrected chi connectivity index (χ1v) is 12.5. The molecule has 0 unspecified atom stereocenters. The summed E-state index contributed by atoms with van der Waals surface area (Å²) in [6, 6.07) is 19.9. The van der Waals surface area contributed by atoms with Crippen molar-refractivity contribution in [2.75, 3.05) is 16.6 Å². The molecule has 0 saturated carbocycles. The molecule has 0 radical (unpaired) electrons. The van der Waals surface area contributed by atoms with Gasteiger partial charge in [-0.25, -0.2) is 13.2 Å². The highest BCUT2D eigenvalue weighted by Gasteiger charge is 2.18. The fraction of sp³-hybridized carbons (Fsp3) is 0.231. The quantitative estimate of drug-likeness (QED) is 0.401. The molecule has 0 spiro atoms. The number of rotatable bonds is 10. The molecule has 1 amide bonds. The van der Waals surface area contributed by atoms with E-state index < -0.39 is 28.5 Å². The number of ether oxygens (including phenoxy) is 1. The summed E-state index contributed by atoms with van der Waals surface area (Å²) in [5.41, 5.74) is 3.18. The Morgan fingerprint density at radius 2 is 1.65 bits per heavy atom. The summed E-state index contributed by atoms with van der Waals surface area (Å²) in [7, 11) is -3.91. The van der Waals surface area contributed by atoms with Crippen molar-refractivity contribution in [3.05, 3.63) is 89.5 Å². The van der Waals surface area contributed by atoms with E-state index in [2.05, 4.69) is 17.0 Å². The van der Waals surface area contributed by atoms with Crippen molar-refractivity contribution in [3.8, 4) is 0 Å². The van der Waals surface area contributed by atoms with Gasteiger partial charge in [0.2, 0.25) is 0 Å². The Balaban J connectivity index is 1.61. The van der Waals surface area contributed by atoms with Crippen LogP contribution in [0.25, 0.3) is 0 Å². The Hall–Kier alpha value is -3.65. The third-order valence-electron chi connectivity index (χ3n) is 5.04. The standard InChI is InChI=1S/C26H28N2O5S/c1-3-4-8-20-12-14-22(15-13-20)28-34(31,32)24-11-6-9-21(17-24)26(30)33-18-25(29)27-23-10-5-7-19(2)16-23/h5-7,9-17,28H,3-4,8,18H2,1-2H3,(H,27,29). The number of benzene rings is 3. The van der Waals surface area contributed by atoms with Gasteiger partial charge in [0.1, 0.15) is 0 Å². The zero-order valence-electron chi connectivity index (χ0n) is 19.2. The highest BCUT2D eigenvalue weighted by molar-refractivity contribution is 7.92. The van der Waals surface area contributed by atoms with E-state index >= 15 is 0 Å². The fourth-order valence-electron chi connectivity index (χ4n) is 3.26. The Bertz CT molecular complexity index is 1250. The lowest BCUT2D eigenvalue weighted by Crippen LogP contribution is -2.21. The first-order chi connectivity index (χ1) is 16.3. The van der Waals surface area contributed by atoms with Gasteiger partial charge in [0.25, 0.3) is 15.9 Å². The number of carbonyl (C=O) groups excluding carboxylic acids is 2. The van der Waals surface area contributed by atoms with E-state index in [0.29, 0.717) is 11.4 Å². The summed E-state index contributed by atoms with van der Waals surface area (Å²) in [5, 5.41) is 2.65. The van der Waals surface area contributed by atoms with Gasteiger partial charge in [0.05, 0.1) is 10.5 Å². The van der Waals surface area contributed by atoms with Gasteiger partial charge in [-0.15, -0.1) is 0 Å². The lowest BCUT2D eigenvalue weighted by atomic mass is 10.1. The highest BCUT2D eigenvalue weighted by Crippen LogP contribution is 2.19. The molecule has 0 saturated heterocycles. The smallest absolute Gasteiger partial charge is 0.338 e. The van der Waals surface area contributed by atoms with Crippen LogP contribution < -0.4 is 10.0 Å². The molecule has 0 fully saturated rings. The van der Waals surface area contributed by atoms with Crippen LogP contribution in [0.3, 0.4) is 0 Å². The van der Waals surface area contributed by atoms with Crippen LogP contribution in [0.15, 0.2) is 77.7 Å². The van der Waals surface area contributed by atoms with Gasteiger partial charge in [0.15, 0.2) is 6.61 Å². The van der Waals surface area contributed by atoms with Crippen molar-refractivity contribution >= 4 is 33.3 Å². The van der Waals surface area contributed by atoms with Gasteiger partial charge >= 0.3 is 5.97 Å². The molecule has 0 heterocycles. The maximum atomic E-state index is 12.8. The van der Waals surface area contributed by atoms with Crippen LogP contribution in [0.2, 0.25) is 0 Å². The van der Waals surface area contributed by atoms with E-state index in [1.54, 1.807) is 30.3 Å². The van der Waals surface area contributed by atoms with Crippen molar-refractivity contribution < 1.29 is 22.7 Å². The van der Waals surface area contributed by atoms with E-state index in [9.17, 15) is 18.0 Å². The van der Waals surface area contributed by atoms with Crippen molar-refractivity contribution in [1.29, 1.82) is 0 Å². The lowest BCUT2D eigenvalue weighted by Gasteiger charge is -2.10. The van der Waals surface area contributed by atoms with Crippen LogP contribution in [0.1, 0.15) is 41.3 Å². The Morgan fingerprint density at radius 1 is 0.912 bits per heavy atom. The fourth-order valence-corrected chi connectivity index (χ4v) is 4.36. The highest BCUT2D eigenvalue weighted by atomic mass is 32.2. The van der Waals surface area contributed by atoms with Crippen LogP contribution in [-0.4, -0.2) is 26.9 Å². The van der Waals surface area contributed by atoms with Crippen molar-refractivity contribution in [3.63, 3.8) is 0 Å². The summed E-state index contributed by atoms with van der Waals surface area (Å²) >= 11 is 0. The second-order valence-corrected chi connectivity index (χ2v) is 9.61. The second kappa shape index (κ2) is 11.5. The van der Waals surface area contributed by atoms with E-state index in [-0.39, 0.29) is 10.5 Å². The molecule has 178 valence electrons. The third kappa shape index (κ3) is 7.18. The molecule has 0 aliphatic carbocycles. The molecule has 7 nitrogen and oxygen atoms in total.